The van der Waals surface area contributed by atoms with Crippen molar-refractivity contribution in [3.8, 4) is 0 Å². The minimum atomic E-state index is -4.30. The lowest BCUT2D eigenvalue weighted by atomic mass is 10.1. The molecule has 0 saturated heterocycles. The summed E-state index contributed by atoms with van der Waals surface area (Å²) in [5, 5.41) is 0.196. The van der Waals surface area contributed by atoms with E-state index < -0.39 is 11.7 Å². The molecule has 13 heavy (non-hydrogen) atoms. The maximum Gasteiger partial charge on any atom is 0.417 e. The molecule has 1 aromatic carbocycles. The lowest BCUT2D eigenvalue weighted by molar-refractivity contribution is -0.138. The quantitative estimate of drug-likeness (QED) is 0.675. The molecule has 0 N–H and O–H groups in total. The van der Waals surface area contributed by atoms with Crippen LogP contribution in [0.25, 0.3) is 0 Å². The second-order valence-electron chi connectivity index (χ2n) is 2.41. The average Bonchev–Trinajstić information content (AvgIpc) is 2.01. The normalized spacial score (nSPS) is 11.8. The molecule has 0 aliphatic carbocycles. The second kappa shape index (κ2) is 4.00. The van der Waals surface area contributed by atoms with Crippen LogP contribution < -0.4 is 0 Å². The van der Waals surface area contributed by atoms with Crippen LogP contribution >= 0.6 is 31.9 Å². The Morgan fingerprint density at radius 3 is 2.23 bits per heavy atom. The molecule has 0 atom stereocenters. The number of halogens is 5. The first kappa shape index (κ1) is 11.0. The Hall–Kier alpha value is -0.0300. The second-order valence-corrected chi connectivity index (χ2v) is 3.82. The number of alkyl halides is 4. The van der Waals surface area contributed by atoms with Crippen LogP contribution in [0, 0.1) is 0 Å². The Kier molecular flexibility index (Phi) is 3.40. The summed E-state index contributed by atoms with van der Waals surface area (Å²) in [4.78, 5) is 0. The van der Waals surface area contributed by atoms with Gasteiger partial charge in [-0.3, -0.25) is 0 Å². The van der Waals surface area contributed by atoms with Crippen LogP contribution in [0.15, 0.2) is 22.7 Å². The fourth-order valence-electron chi connectivity index (χ4n) is 0.998. The zero-order chi connectivity index (χ0) is 10.1. The Labute approximate surface area is 90.4 Å². The van der Waals surface area contributed by atoms with Crippen molar-refractivity contribution >= 4 is 31.9 Å². The van der Waals surface area contributed by atoms with Gasteiger partial charge in [0, 0.05) is 9.80 Å². The minimum Gasteiger partial charge on any atom is -0.166 e. The first-order chi connectivity index (χ1) is 5.96. The first-order valence-electron chi connectivity index (χ1n) is 3.37. The molecule has 0 saturated carbocycles. The molecule has 0 radical (unpaired) electrons. The highest BCUT2D eigenvalue weighted by Crippen LogP contribution is 2.37. The SMILES string of the molecule is FC(F)(F)c1c(Br)cccc1CBr. The predicted molar refractivity (Wildman–Crippen MR) is 51.8 cm³/mol. The summed E-state index contributed by atoms with van der Waals surface area (Å²) < 4.78 is 37.4. The lowest BCUT2D eigenvalue weighted by Gasteiger charge is -2.12. The highest BCUT2D eigenvalue weighted by molar-refractivity contribution is 9.10. The van der Waals surface area contributed by atoms with Crippen LogP contribution in [0.1, 0.15) is 11.1 Å². The maximum atomic E-state index is 12.4. The van der Waals surface area contributed by atoms with Crippen LogP contribution in [-0.2, 0) is 11.5 Å². The van der Waals surface area contributed by atoms with Crippen molar-refractivity contribution in [3.05, 3.63) is 33.8 Å². The van der Waals surface area contributed by atoms with E-state index >= 15 is 0 Å². The molecule has 0 heterocycles. The Morgan fingerprint density at radius 2 is 1.85 bits per heavy atom. The third-order valence-electron chi connectivity index (χ3n) is 1.53. The van der Waals surface area contributed by atoms with E-state index in [1.165, 1.54) is 12.1 Å². The largest absolute Gasteiger partial charge is 0.417 e. The van der Waals surface area contributed by atoms with Crippen LogP contribution in [-0.4, -0.2) is 0 Å². The fraction of sp³-hybridized carbons (Fsp3) is 0.250. The highest BCUT2D eigenvalue weighted by atomic mass is 79.9. The maximum absolute atomic E-state index is 12.4. The molecule has 0 unspecified atom stereocenters. The van der Waals surface area contributed by atoms with E-state index in [0.717, 1.165) is 0 Å². The van der Waals surface area contributed by atoms with Crippen LogP contribution in [0.5, 0.6) is 0 Å². The van der Waals surface area contributed by atoms with E-state index in [2.05, 4.69) is 31.9 Å². The lowest BCUT2D eigenvalue weighted by Crippen LogP contribution is -2.09. The minimum absolute atomic E-state index is 0.0805. The average molecular weight is 318 g/mol. The Bertz CT molecular complexity index is 307. The van der Waals surface area contributed by atoms with E-state index in [4.69, 9.17) is 0 Å². The molecule has 0 aliphatic rings. The van der Waals surface area contributed by atoms with Gasteiger partial charge >= 0.3 is 6.18 Å². The van der Waals surface area contributed by atoms with Crippen molar-refractivity contribution < 1.29 is 13.2 Å². The van der Waals surface area contributed by atoms with Gasteiger partial charge in [0.05, 0.1) is 5.56 Å². The van der Waals surface area contributed by atoms with Gasteiger partial charge < -0.3 is 0 Å². The molecule has 0 spiro atoms. The summed E-state index contributed by atoms with van der Waals surface area (Å²) in [5.41, 5.74) is -0.367. The van der Waals surface area contributed by atoms with Crippen molar-refractivity contribution in [3.63, 3.8) is 0 Å². The van der Waals surface area contributed by atoms with Crippen LogP contribution in [0.3, 0.4) is 0 Å². The van der Waals surface area contributed by atoms with E-state index in [0.29, 0.717) is 0 Å². The van der Waals surface area contributed by atoms with Gasteiger partial charge in [-0.1, -0.05) is 44.0 Å². The highest BCUT2D eigenvalue weighted by Gasteiger charge is 2.35. The number of hydrogen-bond acceptors (Lipinski definition) is 0. The Morgan fingerprint density at radius 1 is 1.23 bits per heavy atom. The number of benzene rings is 1. The molecule has 0 aromatic heterocycles. The van der Waals surface area contributed by atoms with Gasteiger partial charge in [0.1, 0.15) is 0 Å². The van der Waals surface area contributed by atoms with E-state index in [-0.39, 0.29) is 15.4 Å². The standard InChI is InChI=1S/C8H5Br2F3/c9-4-5-2-1-3-6(10)7(5)8(11,12)13/h1-3H,4H2. The zero-order valence-electron chi connectivity index (χ0n) is 6.33. The smallest absolute Gasteiger partial charge is 0.166 e. The summed E-state index contributed by atoms with van der Waals surface area (Å²) in [6.07, 6.45) is -4.30. The van der Waals surface area contributed by atoms with Crippen molar-refractivity contribution in [1.29, 1.82) is 0 Å². The molecule has 1 aromatic rings. The van der Waals surface area contributed by atoms with Gasteiger partial charge in [-0.05, 0) is 11.6 Å². The van der Waals surface area contributed by atoms with Crippen molar-refractivity contribution in [1.82, 2.24) is 0 Å². The molecule has 0 amide bonds. The zero-order valence-corrected chi connectivity index (χ0v) is 9.50. The van der Waals surface area contributed by atoms with Crippen LogP contribution in [0.4, 0.5) is 13.2 Å². The Balaban J connectivity index is 3.32. The topological polar surface area (TPSA) is 0 Å². The molecule has 0 bridgehead atoms. The molecule has 72 valence electrons. The van der Waals surface area contributed by atoms with Crippen molar-refractivity contribution in [2.24, 2.45) is 0 Å². The van der Waals surface area contributed by atoms with Gasteiger partial charge in [0.15, 0.2) is 0 Å². The first-order valence-corrected chi connectivity index (χ1v) is 5.29. The van der Waals surface area contributed by atoms with Crippen LogP contribution in [0.2, 0.25) is 0 Å². The van der Waals surface area contributed by atoms with Gasteiger partial charge in [-0.25, -0.2) is 0 Å². The number of rotatable bonds is 1. The number of hydrogen-bond donors (Lipinski definition) is 0. The van der Waals surface area contributed by atoms with E-state index in [1.54, 1.807) is 6.07 Å². The third kappa shape index (κ3) is 2.47. The fourth-order valence-corrected chi connectivity index (χ4v) is 2.10. The van der Waals surface area contributed by atoms with Gasteiger partial charge in [-0.15, -0.1) is 0 Å². The molecular weight excluding hydrogens is 313 g/mol. The molecule has 0 aliphatic heterocycles. The third-order valence-corrected chi connectivity index (χ3v) is 2.79. The molecule has 1 rings (SSSR count). The summed E-state index contributed by atoms with van der Waals surface area (Å²) in [6.45, 7) is 0. The molecule has 0 fully saturated rings. The van der Waals surface area contributed by atoms with E-state index in [1.807, 2.05) is 0 Å². The molecule has 0 nitrogen and oxygen atoms in total. The van der Waals surface area contributed by atoms with Gasteiger partial charge in [-0.2, -0.15) is 13.2 Å². The predicted octanol–water partition coefficient (Wildman–Crippen LogP) is 4.36. The van der Waals surface area contributed by atoms with Crippen molar-refractivity contribution in [2.75, 3.05) is 0 Å². The summed E-state index contributed by atoms with van der Waals surface area (Å²) in [6, 6.07) is 4.41. The van der Waals surface area contributed by atoms with E-state index in [9.17, 15) is 13.2 Å². The van der Waals surface area contributed by atoms with Crippen molar-refractivity contribution in [2.45, 2.75) is 11.5 Å². The summed E-state index contributed by atoms with van der Waals surface area (Å²) >= 11 is 5.90. The monoisotopic (exact) mass is 316 g/mol. The van der Waals surface area contributed by atoms with Gasteiger partial charge in [0.25, 0.3) is 0 Å². The summed E-state index contributed by atoms with van der Waals surface area (Å²) in [7, 11) is 0. The molecule has 5 heteroatoms. The van der Waals surface area contributed by atoms with Gasteiger partial charge in [0.2, 0.25) is 0 Å². The molecular formula is C8H5Br2F3. The summed E-state index contributed by atoms with van der Waals surface area (Å²) in [5.74, 6) is 0.